The third-order valence-corrected chi connectivity index (χ3v) is 5.33. The van der Waals surface area contributed by atoms with Crippen LogP contribution in [0.2, 0.25) is 0 Å². The highest BCUT2D eigenvalue weighted by Gasteiger charge is 2.19. The molecule has 2 aromatic carbocycles. The molecule has 3 aromatic rings. The number of β-amino-alcohol motifs (C(OH)–C–C–N with tert-alkyl or cyclic N) is 1. The van der Waals surface area contributed by atoms with E-state index in [1.807, 2.05) is 53.8 Å². The molecule has 7 nitrogen and oxygen atoms in total. The molecule has 1 amide bonds. The minimum Gasteiger partial charge on any atom is -0.491 e. The van der Waals surface area contributed by atoms with Crippen LogP contribution in [0.1, 0.15) is 11.4 Å². The van der Waals surface area contributed by atoms with Crippen molar-refractivity contribution in [3.63, 3.8) is 0 Å². The quantitative estimate of drug-likeness (QED) is 0.593. The Balaban J connectivity index is 1.46. The smallest absolute Gasteiger partial charge is 0.234 e. The third kappa shape index (κ3) is 5.33. The van der Waals surface area contributed by atoms with Gasteiger partial charge in [0, 0.05) is 31.4 Å². The Morgan fingerprint density at radius 3 is 2.78 bits per heavy atom. The molecule has 0 spiro atoms. The van der Waals surface area contributed by atoms with E-state index in [2.05, 4.69) is 10.4 Å². The number of nitrogens with one attached hydrogen (secondary N) is 1. The van der Waals surface area contributed by atoms with Gasteiger partial charge in [0.25, 0.3) is 0 Å². The fourth-order valence-corrected chi connectivity index (χ4v) is 3.91. The van der Waals surface area contributed by atoms with Crippen molar-refractivity contribution in [3.05, 3.63) is 65.7 Å². The van der Waals surface area contributed by atoms with E-state index in [1.165, 1.54) is 12.1 Å². The number of piperazine rings is 1. The number of nitrogens with zero attached hydrogens (tertiary/aromatic N) is 3. The molecule has 2 N–H and O–H groups in total. The van der Waals surface area contributed by atoms with E-state index in [1.54, 1.807) is 6.07 Å². The molecular formula is C24H27FN4O3. The van der Waals surface area contributed by atoms with Gasteiger partial charge in [-0.15, -0.1) is 0 Å². The van der Waals surface area contributed by atoms with E-state index in [4.69, 9.17) is 4.74 Å². The highest BCUT2D eigenvalue weighted by atomic mass is 19.1. The molecule has 0 aliphatic carbocycles. The Labute approximate surface area is 186 Å². The summed E-state index contributed by atoms with van der Waals surface area (Å²) >= 11 is 0. The van der Waals surface area contributed by atoms with Gasteiger partial charge >= 0.3 is 0 Å². The van der Waals surface area contributed by atoms with Crippen LogP contribution in [-0.2, 0) is 4.79 Å². The van der Waals surface area contributed by atoms with Crippen molar-refractivity contribution in [2.75, 3.05) is 32.8 Å². The molecule has 1 aliphatic rings. The van der Waals surface area contributed by atoms with E-state index in [0.29, 0.717) is 30.9 Å². The van der Waals surface area contributed by atoms with Crippen molar-refractivity contribution in [2.24, 2.45) is 0 Å². The fraction of sp³-hybridized carbons (Fsp3) is 0.333. The van der Waals surface area contributed by atoms with Crippen molar-refractivity contribution in [3.8, 4) is 22.6 Å². The van der Waals surface area contributed by atoms with Crippen LogP contribution in [0.25, 0.3) is 16.8 Å². The van der Waals surface area contributed by atoms with Gasteiger partial charge in [0.05, 0.1) is 17.9 Å². The van der Waals surface area contributed by atoms with Crippen molar-refractivity contribution in [1.82, 2.24) is 20.0 Å². The number of carbonyl (C=O) groups is 1. The molecule has 0 bridgehead atoms. The van der Waals surface area contributed by atoms with Crippen LogP contribution in [0.5, 0.6) is 5.75 Å². The summed E-state index contributed by atoms with van der Waals surface area (Å²) in [5, 5.41) is 17.6. The zero-order chi connectivity index (χ0) is 22.7. The van der Waals surface area contributed by atoms with Gasteiger partial charge in [-0.25, -0.2) is 9.07 Å². The number of halogens is 1. The van der Waals surface area contributed by atoms with Crippen molar-refractivity contribution in [1.29, 1.82) is 0 Å². The number of ether oxygens (including phenoxy) is 1. The molecule has 1 aromatic heterocycles. The second-order valence-corrected chi connectivity index (χ2v) is 8.11. The summed E-state index contributed by atoms with van der Waals surface area (Å²) in [5.74, 6) is -0.134. The topological polar surface area (TPSA) is 79.6 Å². The SMILES string of the molecule is Cc1cc(C)n(-c2cccc(-c3cc(F)cc(OCC(O)CN4CCNC(=O)C4)c3)c2)n1. The zero-order valence-corrected chi connectivity index (χ0v) is 18.2. The molecule has 8 heteroatoms. The maximum Gasteiger partial charge on any atom is 0.234 e. The van der Waals surface area contributed by atoms with Crippen LogP contribution in [0, 0.1) is 19.7 Å². The summed E-state index contributed by atoms with van der Waals surface area (Å²) in [4.78, 5) is 13.3. The Bertz CT molecular complexity index is 1110. The lowest BCUT2D eigenvalue weighted by molar-refractivity contribution is -0.124. The molecule has 168 valence electrons. The van der Waals surface area contributed by atoms with Crippen molar-refractivity contribution in [2.45, 2.75) is 20.0 Å². The van der Waals surface area contributed by atoms with Gasteiger partial charge in [-0.3, -0.25) is 9.69 Å². The maximum atomic E-state index is 14.3. The van der Waals surface area contributed by atoms with Crippen molar-refractivity contribution >= 4 is 5.91 Å². The third-order valence-electron chi connectivity index (χ3n) is 5.33. The average Bonchev–Trinajstić information content (AvgIpc) is 3.10. The first-order valence-electron chi connectivity index (χ1n) is 10.6. The molecule has 0 saturated carbocycles. The molecule has 1 unspecified atom stereocenters. The summed E-state index contributed by atoms with van der Waals surface area (Å²) < 4.78 is 21.9. The first kappa shape index (κ1) is 22.0. The highest BCUT2D eigenvalue weighted by molar-refractivity contribution is 5.78. The number of hydrogen-bond acceptors (Lipinski definition) is 5. The summed E-state index contributed by atoms with van der Waals surface area (Å²) in [6.45, 7) is 5.76. The maximum absolute atomic E-state index is 14.3. The van der Waals surface area contributed by atoms with Crippen LogP contribution >= 0.6 is 0 Å². The van der Waals surface area contributed by atoms with E-state index in [-0.39, 0.29) is 19.1 Å². The van der Waals surface area contributed by atoms with Crippen LogP contribution in [0.3, 0.4) is 0 Å². The fourth-order valence-electron chi connectivity index (χ4n) is 3.91. The predicted molar refractivity (Wildman–Crippen MR) is 119 cm³/mol. The Kier molecular flexibility index (Phi) is 6.53. The number of aliphatic hydroxyl groups excluding tert-OH is 1. The average molecular weight is 439 g/mol. The standard InChI is InChI=1S/C24H27FN4O3/c1-16-8-17(2)29(27-16)21-5-3-4-18(10-21)19-9-20(25)12-23(11-19)32-15-22(30)13-28-7-6-26-24(31)14-28/h3-5,8-12,22,30H,6-7,13-15H2,1-2H3,(H,26,31). The van der Waals surface area contributed by atoms with Gasteiger partial charge in [0.2, 0.25) is 5.91 Å². The van der Waals surface area contributed by atoms with Gasteiger partial charge in [-0.05, 0) is 55.3 Å². The second-order valence-electron chi connectivity index (χ2n) is 8.11. The van der Waals surface area contributed by atoms with Gasteiger partial charge in [0.1, 0.15) is 24.3 Å². The van der Waals surface area contributed by atoms with Crippen LogP contribution in [0.4, 0.5) is 4.39 Å². The molecule has 1 saturated heterocycles. The molecule has 1 atom stereocenters. The minimum atomic E-state index is -0.790. The lowest BCUT2D eigenvalue weighted by Crippen LogP contribution is -2.50. The highest BCUT2D eigenvalue weighted by Crippen LogP contribution is 2.28. The molecular weight excluding hydrogens is 411 g/mol. The van der Waals surface area contributed by atoms with Crippen LogP contribution in [-0.4, -0.2) is 64.6 Å². The molecule has 1 aliphatic heterocycles. The normalized spacial score (nSPS) is 15.4. The second kappa shape index (κ2) is 9.50. The molecule has 32 heavy (non-hydrogen) atoms. The Morgan fingerprint density at radius 1 is 1.19 bits per heavy atom. The number of hydrogen-bond donors (Lipinski definition) is 2. The van der Waals surface area contributed by atoms with Gasteiger partial charge in [0.15, 0.2) is 0 Å². The van der Waals surface area contributed by atoms with E-state index in [9.17, 15) is 14.3 Å². The van der Waals surface area contributed by atoms with E-state index < -0.39 is 11.9 Å². The number of aromatic nitrogens is 2. The number of aryl methyl sites for hydroxylation is 2. The Morgan fingerprint density at radius 2 is 2.03 bits per heavy atom. The van der Waals surface area contributed by atoms with Gasteiger partial charge in [-0.2, -0.15) is 5.10 Å². The zero-order valence-electron chi connectivity index (χ0n) is 18.2. The Hall–Kier alpha value is -3.23. The molecule has 1 fully saturated rings. The van der Waals surface area contributed by atoms with Gasteiger partial charge < -0.3 is 15.2 Å². The molecule has 2 heterocycles. The number of amides is 1. The first-order chi connectivity index (χ1) is 15.4. The number of aliphatic hydroxyl groups is 1. The number of benzene rings is 2. The monoisotopic (exact) mass is 438 g/mol. The number of rotatable bonds is 7. The summed E-state index contributed by atoms with van der Waals surface area (Å²) in [7, 11) is 0. The summed E-state index contributed by atoms with van der Waals surface area (Å²) in [6.07, 6.45) is -0.790. The number of carbonyl (C=O) groups excluding carboxylic acids is 1. The minimum absolute atomic E-state index is 0.00676. The summed E-state index contributed by atoms with van der Waals surface area (Å²) in [6, 6.07) is 14.2. The lowest BCUT2D eigenvalue weighted by Gasteiger charge is -2.28. The largest absolute Gasteiger partial charge is 0.491 e. The van der Waals surface area contributed by atoms with Crippen LogP contribution < -0.4 is 10.1 Å². The summed E-state index contributed by atoms with van der Waals surface area (Å²) in [5.41, 5.74) is 4.34. The molecule has 0 radical (unpaired) electrons. The predicted octanol–water partition coefficient (Wildman–Crippen LogP) is 2.47. The first-order valence-corrected chi connectivity index (χ1v) is 10.6. The van der Waals surface area contributed by atoms with Crippen LogP contribution in [0.15, 0.2) is 48.5 Å². The van der Waals surface area contributed by atoms with E-state index >= 15 is 0 Å². The molecule has 4 rings (SSSR count). The van der Waals surface area contributed by atoms with E-state index in [0.717, 1.165) is 22.6 Å². The lowest BCUT2D eigenvalue weighted by atomic mass is 10.0. The van der Waals surface area contributed by atoms with Crippen molar-refractivity contribution < 1.29 is 19.0 Å². The van der Waals surface area contributed by atoms with Gasteiger partial charge in [-0.1, -0.05) is 12.1 Å².